The van der Waals surface area contributed by atoms with Crippen molar-refractivity contribution in [3.05, 3.63) is 114 Å². The third-order valence-corrected chi connectivity index (χ3v) is 8.37. The SMILES string of the molecule is CCCCOCCOc1ccc(-c2ccc(OC)c(/C=C/C(=O)Cc3ccc([S@@](=O)Cc4cnccc4C)cc3)c2)cc1. The van der Waals surface area contributed by atoms with Gasteiger partial charge in [-0.3, -0.25) is 14.0 Å². The van der Waals surface area contributed by atoms with E-state index < -0.39 is 10.8 Å². The van der Waals surface area contributed by atoms with Crippen LogP contribution in [0.1, 0.15) is 42.0 Å². The molecule has 0 aliphatic carbocycles. The van der Waals surface area contributed by atoms with Crippen molar-refractivity contribution >= 4 is 22.7 Å². The van der Waals surface area contributed by atoms with E-state index in [4.69, 9.17) is 14.2 Å². The maximum absolute atomic E-state index is 12.8. The minimum absolute atomic E-state index is 0.0347. The molecule has 1 heterocycles. The van der Waals surface area contributed by atoms with Crippen LogP contribution in [0.5, 0.6) is 11.5 Å². The molecule has 0 saturated carbocycles. The van der Waals surface area contributed by atoms with Gasteiger partial charge in [-0.25, -0.2) is 0 Å². The molecule has 0 N–H and O–H groups in total. The maximum Gasteiger partial charge on any atom is 0.160 e. The van der Waals surface area contributed by atoms with Crippen LogP contribution in [0.25, 0.3) is 17.2 Å². The van der Waals surface area contributed by atoms with E-state index >= 15 is 0 Å². The van der Waals surface area contributed by atoms with Crippen LogP contribution in [0.15, 0.2) is 96.2 Å². The van der Waals surface area contributed by atoms with Crippen LogP contribution in [0.3, 0.4) is 0 Å². The van der Waals surface area contributed by atoms with E-state index in [0.717, 1.165) is 63.5 Å². The van der Waals surface area contributed by atoms with E-state index in [1.807, 2.05) is 79.7 Å². The summed E-state index contributed by atoms with van der Waals surface area (Å²) in [6.45, 7) is 5.99. The number of ketones is 1. The van der Waals surface area contributed by atoms with Crippen LogP contribution in [0, 0.1) is 6.92 Å². The van der Waals surface area contributed by atoms with Gasteiger partial charge in [-0.2, -0.15) is 0 Å². The average molecular weight is 598 g/mol. The normalized spacial score (nSPS) is 11.9. The number of hydrogen-bond acceptors (Lipinski definition) is 6. The van der Waals surface area contributed by atoms with Crippen LogP contribution in [0.2, 0.25) is 0 Å². The van der Waals surface area contributed by atoms with Crippen LogP contribution < -0.4 is 9.47 Å². The molecule has 0 spiro atoms. The molecule has 7 heteroatoms. The summed E-state index contributed by atoms with van der Waals surface area (Å²) in [5, 5.41) is 0. The molecular formula is C36H39NO5S. The monoisotopic (exact) mass is 597 g/mol. The summed E-state index contributed by atoms with van der Waals surface area (Å²) in [7, 11) is 0.433. The van der Waals surface area contributed by atoms with Gasteiger partial charge in [-0.1, -0.05) is 43.7 Å². The molecule has 1 aromatic heterocycles. The highest BCUT2D eigenvalue weighted by molar-refractivity contribution is 7.84. The fourth-order valence-electron chi connectivity index (χ4n) is 4.43. The highest BCUT2D eigenvalue weighted by atomic mass is 32.2. The third kappa shape index (κ3) is 9.73. The third-order valence-electron chi connectivity index (χ3n) is 7.00. The molecule has 6 nitrogen and oxygen atoms in total. The predicted molar refractivity (Wildman–Crippen MR) is 173 cm³/mol. The molecule has 43 heavy (non-hydrogen) atoms. The van der Waals surface area contributed by atoms with E-state index in [1.54, 1.807) is 31.7 Å². The number of carbonyl (C=O) groups is 1. The quantitative estimate of drug-likeness (QED) is 0.0990. The molecule has 0 saturated heterocycles. The molecule has 3 aromatic carbocycles. The second kappa shape index (κ2) is 16.5. The van der Waals surface area contributed by atoms with Gasteiger partial charge in [0.15, 0.2) is 5.78 Å². The van der Waals surface area contributed by atoms with Gasteiger partial charge in [-0.15, -0.1) is 0 Å². The molecule has 0 bridgehead atoms. The Morgan fingerprint density at radius 3 is 2.42 bits per heavy atom. The number of allylic oxidation sites excluding steroid dienone is 1. The van der Waals surface area contributed by atoms with Crippen molar-refractivity contribution < 1.29 is 23.2 Å². The standard InChI is InChI=1S/C36H39NO5S/c1-4-5-20-41-21-22-42-34-13-9-29(10-14-34)30-11-17-36(40-3)31(24-30)8-12-33(38)23-28-6-15-35(16-7-28)43(39)26-32-25-37-19-18-27(32)2/h6-19,24-25H,4-5,20-23,26H2,1-3H3/b12-8+/t43-/m0/s1. The number of aromatic nitrogens is 1. The fourth-order valence-corrected chi connectivity index (χ4v) is 5.62. The Balaban J connectivity index is 1.34. The zero-order valence-corrected chi connectivity index (χ0v) is 25.9. The van der Waals surface area contributed by atoms with Crippen molar-refractivity contribution in [3.8, 4) is 22.6 Å². The fraction of sp³-hybridized carbons (Fsp3) is 0.278. The summed E-state index contributed by atoms with van der Waals surface area (Å²) >= 11 is 0. The highest BCUT2D eigenvalue weighted by Crippen LogP contribution is 2.29. The van der Waals surface area contributed by atoms with E-state index in [0.29, 0.717) is 24.7 Å². The molecule has 0 aliphatic rings. The molecule has 224 valence electrons. The topological polar surface area (TPSA) is 74.7 Å². The Hall–Kier alpha value is -4.07. The minimum Gasteiger partial charge on any atom is -0.496 e. The van der Waals surface area contributed by atoms with Crippen molar-refractivity contribution in [2.24, 2.45) is 0 Å². The molecule has 0 unspecified atom stereocenters. The molecule has 0 radical (unpaired) electrons. The molecule has 4 rings (SSSR count). The van der Waals surface area contributed by atoms with Crippen LogP contribution in [-0.2, 0) is 32.5 Å². The summed E-state index contributed by atoms with van der Waals surface area (Å²) < 4.78 is 29.7. The van der Waals surface area contributed by atoms with Crippen LogP contribution >= 0.6 is 0 Å². The van der Waals surface area contributed by atoms with Gasteiger partial charge in [0.05, 0.1) is 30.3 Å². The number of benzene rings is 3. The average Bonchev–Trinajstić information content (AvgIpc) is 3.03. The number of methoxy groups -OCH3 is 1. The van der Waals surface area contributed by atoms with Gasteiger partial charge in [0, 0.05) is 35.9 Å². The number of pyridine rings is 1. The largest absolute Gasteiger partial charge is 0.496 e. The summed E-state index contributed by atoms with van der Waals surface area (Å²) in [4.78, 5) is 17.7. The number of rotatable bonds is 16. The number of hydrogen-bond donors (Lipinski definition) is 0. The van der Waals surface area contributed by atoms with Gasteiger partial charge in [-0.05, 0) is 95.8 Å². The zero-order chi connectivity index (χ0) is 30.4. The van der Waals surface area contributed by atoms with Crippen molar-refractivity contribution in [2.75, 3.05) is 26.9 Å². The van der Waals surface area contributed by atoms with E-state index in [9.17, 15) is 9.00 Å². The van der Waals surface area contributed by atoms with Gasteiger partial charge < -0.3 is 14.2 Å². The first-order chi connectivity index (χ1) is 21.0. The first-order valence-corrected chi connectivity index (χ1v) is 15.9. The minimum atomic E-state index is -1.19. The molecule has 0 fully saturated rings. The molecule has 4 aromatic rings. The lowest BCUT2D eigenvalue weighted by Gasteiger charge is -2.10. The Morgan fingerprint density at radius 1 is 0.930 bits per heavy atom. The Kier molecular flexibility index (Phi) is 12.3. The summed E-state index contributed by atoms with van der Waals surface area (Å²) in [5.74, 6) is 1.86. The number of nitrogens with zero attached hydrogens (tertiary/aromatic N) is 1. The maximum atomic E-state index is 12.8. The molecular weight excluding hydrogens is 558 g/mol. The lowest BCUT2D eigenvalue weighted by atomic mass is 10.0. The first-order valence-electron chi connectivity index (χ1n) is 14.5. The second-order valence-corrected chi connectivity index (χ2v) is 11.7. The summed E-state index contributed by atoms with van der Waals surface area (Å²) in [6.07, 6.45) is 9.30. The summed E-state index contributed by atoms with van der Waals surface area (Å²) in [5.41, 5.74) is 5.76. The smallest absolute Gasteiger partial charge is 0.160 e. The number of unbranched alkanes of at least 4 members (excludes halogenated alkanes) is 1. The predicted octanol–water partition coefficient (Wildman–Crippen LogP) is 7.39. The van der Waals surface area contributed by atoms with E-state index in [1.165, 1.54) is 0 Å². The van der Waals surface area contributed by atoms with Gasteiger partial charge >= 0.3 is 0 Å². The van der Waals surface area contributed by atoms with Crippen molar-refractivity contribution in [2.45, 2.75) is 43.8 Å². The van der Waals surface area contributed by atoms with Gasteiger partial charge in [0.25, 0.3) is 0 Å². The number of aryl methyl sites for hydroxylation is 1. The van der Waals surface area contributed by atoms with Crippen molar-refractivity contribution in [1.82, 2.24) is 4.98 Å². The Morgan fingerprint density at radius 2 is 1.70 bits per heavy atom. The Labute approximate surface area is 257 Å². The highest BCUT2D eigenvalue weighted by Gasteiger charge is 2.10. The molecule has 0 amide bonds. The van der Waals surface area contributed by atoms with Gasteiger partial charge in [0.1, 0.15) is 18.1 Å². The molecule has 1 atom stereocenters. The van der Waals surface area contributed by atoms with Gasteiger partial charge in [0.2, 0.25) is 0 Å². The number of ether oxygens (including phenoxy) is 3. The first kappa shape index (κ1) is 31.9. The zero-order valence-electron chi connectivity index (χ0n) is 25.1. The van der Waals surface area contributed by atoms with Crippen LogP contribution in [-0.4, -0.2) is 41.9 Å². The summed E-state index contributed by atoms with van der Waals surface area (Å²) in [6, 6.07) is 23.2. The van der Waals surface area contributed by atoms with Crippen molar-refractivity contribution in [3.63, 3.8) is 0 Å². The number of carbonyl (C=O) groups excluding carboxylic acids is 1. The van der Waals surface area contributed by atoms with Crippen LogP contribution in [0.4, 0.5) is 0 Å². The lowest BCUT2D eigenvalue weighted by Crippen LogP contribution is -2.07. The molecule has 0 aliphatic heterocycles. The van der Waals surface area contributed by atoms with E-state index in [-0.39, 0.29) is 12.2 Å². The van der Waals surface area contributed by atoms with E-state index in [2.05, 4.69) is 11.9 Å². The van der Waals surface area contributed by atoms with Crippen molar-refractivity contribution in [1.29, 1.82) is 0 Å². The Bertz CT molecular complexity index is 1530. The lowest BCUT2D eigenvalue weighted by molar-refractivity contribution is -0.113. The second-order valence-electron chi connectivity index (χ2n) is 10.2.